The molecule has 1 N–H and O–H groups in total. The third-order valence-electron chi connectivity index (χ3n) is 3.40. The Morgan fingerprint density at radius 2 is 2.00 bits per heavy atom. The van der Waals surface area contributed by atoms with Crippen LogP contribution >= 0.6 is 15.9 Å². The quantitative estimate of drug-likeness (QED) is 0.868. The minimum Gasteiger partial charge on any atom is -0.481 e. The van der Waals surface area contributed by atoms with Crippen molar-refractivity contribution in [3.05, 3.63) is 69.4 Å². The second-order valence-corrected chi connectivity index (χ2v) is 6.02. The van der Waals surface area contributed by atoms with Crippen molar-refractivity contribution in [3.63, 3.8) is 0 Å². The first-order chi connectivity index (χ1) is 9.95. The van der Waals surface area contributed by atoms with Crippen molar-refractivity contribution >= 4 is 21.9 Å². The summed E-state index contributed by atoms with van der Waals surface area (Å²) < 4.78 is 13.7. The first-order valence-electron chi connectivity index (χ1n) is 6.68. The Kier molecular flexibility index (Phi) is 5.12. The third kappa shape index (κ3) is 4.39. The van der Waals surface area contributed by atoms with Gasteiger partial charge in [0.1, 0.15) is 5.82 Å². The van der Waals surface area contributed by atoms with Gasteiger partial charge in [0.15, 0.2) is 0 Å². The molecular formula is C17H16BrFO2. The molecule has 0 spiro atoms. The molecule has 1 atom stereocenters. The van der Waals surface area contributed by atoms with E-state index in [0.717, 1.165) is 16.7 Å². The summed E-state index contributed by atoms with van der Waals surface area (Å²) in [7, 11) is 0. The highest BCUT2D eigenvalue weighted by Gasteiger charge is 2.20. The minimum atomic E-state index is -0.840. The number of aliphatic carboxylic acids is 1. The highest BCUT2D eigenvalue weighted by Crippen LogP contribution is 2.23. The van der Waals surface area contributed by atoms with E-state index in [1.807, 2.05) is 31.2 Å². The largest absolute Gasteiger partial charge is 0.481 e. The molecule has 0 aliphatic heterocycles. The number of carboxylic acid groups (broad SMARTS) is 1. The molecule has 0 heterocycles. The number of carboxylic acids is 1. The molecule has 21 heavy (non-hydrogen) atoms. The maximum atomic E-state index is 13.1. The van der Waals surface area contributed by atoms with E-state index in [4.69, 9.17) is 0 Å². The fourth-order valence-corrected chi connectivity index (χ4v) is 2.84. The number of hydrogen-bond donors (Lipinski definition) is 1. The van der Waals surface area contributed by atoms with Crippen LogP contribution in [0.15, 0.2) is 46.9 Å². The van der Waals surface area contributed by atoms with Crippen LogP contribution in [0.4, 0.5) is 4.39 Å². The molecule has 0 aliphatic carbocycles. The molecule has 2 aromatic rings. The predicted molar refractivity (Wildman–Crippen MR) is 83.8 cm³/mol. The lowest BCUT2D eigenvalue weighted by molar-refractivity contribution is -0.141. The van der Waals surface area contributed by atoms with Crippen molar-refractivity contribution < 1.29 is 14.3 Å². The van der Waals surface area contributed by atoms with Gasteiger partial charge in [0.05, 0.1) is 5.92 Å². The molecular weight excluding hydrogens is 335 g/mol. The van der Waals surface area contributed by atoms with Gasteiger partial charge in [0.2, 0.25) is 0 Å². The summed E-state index contributed by atoms with van der Waals surface area (Å²) in [6, 6.07) is 12.2. The molecule has 0 aromatic heterocycles. The number of carbonyl (C=O) groups is 1. The van der Waals surface area contributed by atoms with Crippen molar-refractivity contribution in [2.45, 2.75) is 19.8 Å². The number of benzene rings is 2. The van der Waals surface area contributed by atoms with Crippen LogP contribution in [0.1, 0.15) is 16.7 Å². The standard InChI is InChI=1S/C17H16BrFO2/c1-11-3-2-4-12(7-11)8-14(17(20)21)9-13-5-6-15(19)10-16(13)18/h2-7,10,14H,8-9H2,1H3,(H,20,21). The first kappa shape index (κ1) is 15.7. The van der Waals surface area contributed by atoms with E-state index in [9.17, 15) is 14.3 Å². The van der Waals surface area contributed by atoms with Gasteiger partial charge in [-0.1, -0.05) is 51.8 Å². The van der Waals surface area contributed by atoms with E-state index >= 15 is 0 Å². The summed E-state index contributed by atoms with van der Waals surface area (Å²) in [5.74, 6) is -1.71. The summed E-state index contributed by atoms with van der Waals surface area (Å²) in [4.78, 5) is 11.5. The number of aryl methyl sites for hydroxylation is 1. The van der Waals surface area contributed by atoms with E-state index in [0.29, 0.717) is 17.3 Å². The summed E-state index contributed by atoms with van der Waals surface area (Å²) in [6.07, 6.45) is 0.824. The third-order valence-corrected chi connectivity index (χ3v) is 4.13. The van der Waals surface area contributed by atoms with E-state index in [1.165, 1.54) is 12.1 Å². The lowest BCUT2D eigenvalue weighted by Gasteiger charge is -2.14. The molecule has 0 saturated carbocycles. The molecule has 1 unspecified atom stereocenters. The van der Waals surface area contributed by atoms with E-state index in [-0.39, 0.29) is 5.82 Å². The van der Waals surface area contributed by atoms with Gasteiger partial charge in [-0.2, -0.15) is 0 Å². The van der Waals surface area contributed by atoms with Crippen LogP contribution in [0.5, 0.6) is 0 Å². The van der Waals surface area contributed by atoms with Crippen molar-refractivity contribution in [2.75, 3.05) is 0 Å². The molecule has 4 heteroatoms. The summed E-state index contributed by atoms with van der Waals surface area (Å²) in [5.41, 5.74) is 2.91. The molecule has 0 fully saturated rings. The molecule has 2 aromatic carbocycles. The zero-order valence-corrected chi connectivity index (χ0v) is 13.2. The molecule has 0 bridgehead atoms. The van der Waals surface area contributed by atoms with Gasteiger partial charge in [-0.3, -0.25) is 4.79 Å². The average Bonchev–Trinajstić information content (AvgIpc) is 2.40. The molecule has 0 amide bonds. The van der Waals surface area contributed by atoms with Gasteiger partial charge in [-0.25, -0.2) is 4.39 Å². The molecule has 0 aliphatic rings. The van der Waals surface area contributed by atoms with Crippen LogP contribution in [0.2, 0.25) is 0 Å². The lowest BCUT2D eigenvalue weighted by atomic mass is 9.92. The van der Waals surface area contributed by atoms with E-state index in [2.05, 4.69) is 15.9 Å². The Hall–Kier alpha value is -1.68. The maximum absolute atomic E-state index is 13.1. The fourth-order valence-electron chi connectivity index (χ4n) is 2.32. The Morgan fingerprint density at radius 3 is 2.62 bits per heavy atom. The Balaban J connectivity index is 2.18. The van der Waals surface area contributed by atoms with Crippen LogP contribution in [-0.2, 0) is 17.6 Å². The van der Waals surface area contributed by atoms with Crippen LogP contribution < -0.4 is 0 Å². The molecule has 0 radical (unpaired) electrons. The zero-order valence-electron chi connectivity index (χ0n) is 11.6. The number of halogens is 2. The first-order valence-corrected chi connectivity index (χ1v) is 7.47. The fraction of sp³-hybridized carbons (Fsp3) is 0.235. The Labute approximate surface area is 131 Å². The van der Waals surface area contributed by atoms with E-state index < -0.39 is 11.9 Å². The van der Waals surface area contributed by atoms with Crippen molar-refractivity contribution in [1.29, 1.82) is 0 Å². The van der Waals surface area contributed by atoms with Gasteiger partial charge in [0.25, 0.3) is 0 Å². The molecule has 2 nitrogen and oxygen atoms in total. The SMILES string of the molecule is Cc1cccc(CC(Cc2ccc(F)cc2Br)C(=O)O)c1. The van der Waals surface area contributed by atoms with Crippen LogP contribution in [0.25, 0.3) is 0 Å². The van der Waals surface area contributed by atoms with Gasteiger partial charge in [0, 0.05) is 4.47 Å². The smallest absolute Gasteiger partial charge is 0.307 e. The van der Waals surface area contributed by atoms with Crippen molar-refractivity contribution in [2.24, 2.45) is 5.92 Å². The summed E-state index contributed by atoms with van der Waals surface area (Å²) in [5, 5.41) is 9.42. The molecule has 110 valence electrons. The number of hydrogen-bond acceptors (Lipinski definition) is 1. The highest BCUT2D eigenvalue weighted by atomic mass is 79.9. The summed E-state index contributed by atoms with van der Waals surface area (Å²) >= 11 is 3.29. The monoisotopic (exact) mass is 350 g/mol. The Bertz CT molecular complexity index is 655. The second-order valence-electron chi connectivity index (χ2n) is 5.17. The van der Waals surface area contributed by atoms with E-state index in [1.54, 1.807) is 6.07 Å². The average molecular weight is 351 g/mol. The predicted octanol–water partition coefficient (Wildman–Crippen LogP) is 4.38. The molecule has 0 saturated heterocycles. The topological polar surface area (TPSA) is 37.3 Å². The normalized spacial score (nSPS) is 12.1. The summed E-state index contributed by atoms with van der Waals surface area (Å²) in [6.45, 7) is 1.98. The maximum Gasteiger partial charge on any atom is 0.307 e. The van der Waals surface area contributed by atoms with Gasteiger partial charge >= 0.3 is 5.97 Å². The second kappa shape index (κ2) is 6.85. The number of rotatable bonds is 5. The van der Waals surface area contributed by atoms with Crippen LogP contribution in [0, 0.1) is 18.7 Å². The zero-order chi connectivity index (χ0) is 15.4. The van der Waals surface area contributed by atoms with Gasteiger partial charge in [-0.15, -0.1) is 0 Å². The highest BCUT2D eigenvalue weighted by molar-refractivity contribution is 9.10. The Morgan fingerprint density at radius 1 is 1.24 bits per heavy atom. The van der Waals surface area contributed by atoms with Crippen molar-refractivity contribution in [3.8, 4) is 0 Å². The van der Waals surface area contributed by atoms with Gasteiger partial charge in [-0.05, 0) is 43.0 Å². The minimum absolute atomic E-state index is 0.337. The van der Waals surface area contributed by atoms with Gasteiger partial charge < -0.3 is 5.11 Å². The van der Waals surface area contributed by atoms with Crippen molar-refractivity contribution in [1.82, 2.24) is 0 Å². The molecule has 2 rings (SSSR count). The lowest BCUT2D eigenvalue weighted by Crippen LogP contribution is -2.19. The van der Waals surface area contributed by atoms with Crippen LogP contribution in [0.3, 0.4) is 0 Å². The van der Waals surface area contributed by atoms with Crippen LogP contribution in [-0.4, -0.2) is 11.1 Å².